The molecule has 0 spiro atoms. The van der Waals surface area contributed by atoms with Crippen LogP contribution >= 0.6 is 0 Å². The zero-order chi connectivity index (χ0) is 11.9. The van der Waals surface area contributed by atoms with Crippen LogP contribution in [-0.4, -0.2) is 21.1 Å². The summed E-state index contributed by atoms with van der Waals surface area (Å²) in [6.45, 7) is 11.6. The number of esters is 1. The zero-order valence-electron chi connectivity index (χ0n) is 10.3. The van der Waals surface area contributed by atoms with E-state index in [0.29, 0.717) is 5.57 Å². The number of ether oxygens (including phenoxy) is 1. The summed E-state index contributed by atoms with van der Waals surface area (Å²) in [7, 11) is -1.63. The van der Waals surface area contributed by atoms with Crippen molar-refractivity contribution in [1.29, 1.82) is 0 Å². The second-order valence-electron chi connectivity index (χ2n) is 3.72. The molecule has 0 aromatic rings. The van der Waals surface area contributed by atoms with Crippen LogP contribution in [0.1, 0.15) is 27.7 Å². The second-order valence-corrected chi connectivity index (χ2v) is 8.49. The maximum atomic E-state index is 11.1. The summed E-state index contributed by atoms with van der Waals surface area (Å²) in [6, 6.07) is 3.18. The Hall–Kier alpha value is -0.613. The number of hydrogen-bond donors (Lipinski definition) is 0. The summed E-state index contributed by atoms with van der Waals surface area (Å²) >= 11 is 0. The van der Waals surface area contributed by atoms with Gasteiger partial charge in [-0.1, -0.05) is 27.4 Å². The van der Waals surface area contributed by atoms with Crippen molar-refractivity contribution in [1.82, 2.24) is 0 Å². The Morgan fingerprint density at radius 1 is 1.20 bits per heavy atom. The SMILES string of the molecule is C=C(C)C(=O)OCO[Si](CC)(CC)CC. The van der Waals surface area contributed by atoms with Crippen LogP contribution < -0.4 is 0 Å². The number of carbonyl (C=O) groups is 1. The van der Waals surface area contributed by atoms with Crippen molar-refractivity contribution >= 4 is 14.3 Å². The molecule has 0 bridgehead atoms. The molecule has 0 aromatic heterocycles. The van der Waals surface area contributed by atoms with Crippen molar-refractivity contribution in [2.24, 2.45) is 0 Å². The fourth-order valence-corrected chi connectivity index (χ4v) is 3.81. The average molecular weight is 230 g/mol. The molecule has 0 aliphatic carbocycles. The predicted octanol–water partition coefficient (Wildman–Crippen LogP) is 3.09. The van der Waals surface area contributed by atoms with Gasteiger partial charge in [-0.15, -0.1) is 0 Å². The van der Waals surface area contributed by atoms with E-state index < -0.39 is 8.32 Å². The van der Waals surface area contributed by atoms with Gasteiger partial charge >= 0.3 is 5.97 Å². The molecule has 0 aromatic carbocycles. The molecular weight excluding hydrogens is 208 g/mol. The Morgan fingerprint density at radius 3 is 2.00 bits per heavy atom. The van der Waals surface area contributed by atoms with Crippen LogP contribution in [0, 0.1) is 0 Å². The lowest BCUT2D eigenvalue weighted by molar-refractivity contribution is -0.145. The van der Waals surface area contributed by atoms with Crippen molar-refractivity contribution in [3.8, 4) is 0 Å². The van der Waals surface area contributed by atoms with E-state index >= 15 is 0 Å². The van der Waals surface area contributed by atoms with Crippen molar-refractivity contribution in [3.63, 3.8) is 0 Å². The van der Waals surface area contributed by atoms with E-state index in [2.05, 4.69) is 27.4 Å². The van der Waals surface area contributed by atoms with Crippen molar-refractivity contribution < 1.29 is 14.0 Å². The predicted molar refractivity (Wildman–Crippen MR) is 64.1 cm³/mol. The number of hydrogen-bond acceptors (Lipinski definition) is 3. The maximum Gasteiger partial charge on any atom is 0.335 e. The molecule has 0 aliphatic heterocycles. The summed E-state index contributed by atoms with van der Waals surface area (Å²) in [6.07, 6.45) is 0. The summed E-state index contributed by atoms with van der Waals surface area (Å²) < 4.78 is 10.7. The highest BCUT2D eigenvalue weighted by Crippen LogP contribution is 2.21. The molecular formula is C11H22O3Si. The van der Waals surface area contributed by atoms with E-state index in [1.54, 1.807) is 6.92 Å². The first-order chi connectivity index (χ1) is 7.01. The molecule has 0 heterocycles. The van der Waals surface area contributed by atoms with Gasteiger partial charge in [-0.2, -0.15) is 0 Å². The van der Waals surface area contributed by atoms with Gasteiger partial charge in [0.25, 0.3) is 0 Å². The minimum Gasteiger partial charge on any atom is -0.436 e. The average Bonchev–Trinajstić information content (AvgIpc) is 2.24. The monoisotopic (exact) mass is 230 g/mol. The molecule has 4 heteroatoms. The molecule has 0 amide bonds. The van der Waals surface area contributed by atoms with Crippen LogP contribution in [0.3, 0.4) is 0 Å². The Labute approximate surface area is 93.6 Å². The first-order valence-electron chi connectivity index (χ1n) is 5.48. The fraction of sp³-hybridized carbons (Fsp3) is 0.727. The normalized spacial score (nSPS) is 11.2. The van der Waals surface area contributed by atoms with Crippen LogP contribution in [0.2, 0.25) is 18.1 Å². The molecule has 0 radical (unpaired) electrons. The van der Waals surface area contributed by atoms with E-state index in [1.807, 2.05) is 0 Å². The van der Waals surface area contributed by atoms with Gasteiger partial charge in [0.1, 0.15) is 0 Å². The fourth-order valence-electron chi connectivity index (χ4n) is 1.39. The van der Waals surface area contributed by atoms with Gasteiger partial charge in [0, 0.05) is 5.57 Å². The second kappa shape index (κ2) is 6.79. The van der Waals surface area contributed by atoms with Gasteiger partial charge in [0.15, 0.2) is 15.1 Å². The number of carbonyl (C=O) groups excluding carboxylic acids is 1. The first kappa shape index (κ1) is 14.4. The Morgan fingerprint density at radius 2 is 1.67 bits per heavy atom. The topological polar surface area (TPSA) is 35.5 Å². The minimum atomic E-state index is -1.63. The Bertz CT molecular complexity index is 214. The highest BCUT2D eigenvalue weighted by atomic mass is 28.4. The highest BCUT2D eigenvalue weighted by molar-refractivity contribution is 6.73. The Kier molecular flexibility index (Phi) is 6.52. The third-order valence-corrected chi connectivity index (χ3v) is 7.43. The van der Waals surface area contributed by atoms with Crippen LogP contribution in [-0.2, 0) is 14.0 Å². The molecule has 0 saturated carbocycles. The lowest BCUT2D eigenvalue weighted by Crippen LogP contribution is -2.36. The molecule has 0 saturated heterocycles. The summed E-state index contributed by atoms with van der Waals surface area (Å²) in [5, 5.41) is 0. The summed E-state index contributed by atoms with van der Waals surface area (Å²) in [5.74, 6) is -0.374. The standard InChI is InChI=1S/C11H22O3Si/c1-6-15(7-2,8-3)14-9-13-11(12)10(4)5/h4,6-9H2,1-3,5H3. The molecule has 0 rings (SSSR count). The highest BCUT2D eigenvalue weighted by Gasteiger charge is 2.28. The van der Waals surface area contributed by atoms with Crippen LogP contribution in [0.5, 0.6) is 0 Å². The van der Waals surface area contributed by atoms with Crippen molar-refractivity contribution in [3.05, 3.63) is 12.2 Å². The molecule has 3 nitrogen and oxygen atoms in total. The molecule has 88 valence electrons. The van der Waals surface area contributed by atoms with Gasteiger partial charge in [-0.25, -0.2) is 4.79 Å². The molecule has 0 atom stereocenters. The molecule has 0 N–H and O–H groups in total. The van der Waals surface area contributed by atoms with Crippen LogP contribution in [0.4, 0.5) is 0 Å². The lowest BCUT2D eigenvalue weighted by atomic mass is 10.4. The summed E-state index contributed by atoms with van der Waals surface area (Å²) in [4.78, 5) is 11.1. The number of rotatable bonds is 7. The zero-order valence-corrected chi connectivity index (χ0v) is 11.3. The summed E-state index contributed by atoms with van der Waals surface area (Å²) in [5.41, 5.74) is 0.412. The van der Waals surface area contributed by atoms with E-state index in [9.17, 15) is 4.79 Å². The van der Waals surface area contributed by atoms with Crippen LogP contribution in [0.15, 0.2) is 12.2 Å². The lowest BCUT2D eigenvalue weighted by Gasteiger charge is -2.27. The largest absolute Gasteiger partial charge is 0.436 e. The molecule has 15 heavy (non-hydrogen) atoms. The maximum absolute atomic E-state index is 11.1. The van der Waals surface area contributed by atoms with E-state index in [4.69, 9.17) is 9.16 Å². The third kappa shape index (κ3) is 4.62. The van der Waals surface area contributed by atoms with Gasteiger partial charge in [0.2, 0.25) is 0 Å². The van der Waals surface area contributed by atoms with E-state index in [-0.39, 0.29) is 12.8 Å². The third-order valence-electron chi connectivity index (χ3n) is 2.84. The molecule has 0 fully saturated rings. The minimum absolute atomic E-state index is 0.0768. The van der Waals surface area contributed by atoms with Crippen LogP contribution in [0.25, 0.3) is 0 Å². The van der Waals surface area contributed by atoms with Crippen molar-refractivity contribution in [2.45, 2.75) is 45.8 Å². The van der Waals surface area contributed by atoms with Gasteiger partial charge in [-0.3, -0.25) is 0 Å². The van der Waals surface area contributed by atoms with Gasteiger partial charge < -0.3 is 9.16 Å². The van der Waals surface area contributed by atoms with E-state index in [1.165, 1.54) is 0 Å². The van der Waals surface area contributed by atoms with Gasteiger partial charge in [-0.05, 0) is 25.1 Å². The molecule has 0 aliphatic rings. The smallest absolute Gasteiger partial charge is 0.335 e. The Balaban J connectivity index is 4.02. The quantitative estimate of drug-likeness (QED) is 0.292. The van der Waals surface area contributed by atoms with Crippen molar-refractivity contribution in [2.75, 3.05) is 6.79 Å². The van der Waals surface area contributed by atoms with E-state index in [0.717, 1.165) is 18.1 Å². The van der Waals surface area contributed by atoms with Gasteiger partial charge in [0.05, 0.1) is 0 Å². The molecule has 0 unspecified atom stereocenters. The first-order valence-corrected chi connectivity index (χ1v) is 8.00.